The third-order valence-corrected chi connectivity index (χ3v) is 6.90. The van der Waals surface area contributed by atoms with Gasteiger partial charge < -0.3 is 20.4 Å². The maximum Gasteiger partial charge on any atom is 0.298 e. The van der Waals surface area contributed by atoms with Crippen molar-refractivity contribution in [3.8, 4) is 23.0 Å². The van der Waals surface area contributed by atoms with Gasteiger partial charge >= 0.3 is 0 Å². The first-order chi connectivity index (χ1) is 12.9. The van der Waals surface area contributed by atoms with E-state index in [-0.39, 0.29) is 0 Å². The molecule has 15 heteroatoms. The summed E-state index contributed by atoms with van der Waals surface area (Å²) in [5.74, 6) is -4.31. The van der Waals surface area contributed by atoms with Crippen LogP contribution in [0.25, 0.3) is 0 Å². The number of hydrogen-bond acceptors (Lipinski definition) is 10. The van der Waals surface area contributed by atoms with Crippen LogP contribution in [0.15, 0.2) is 34.1 Å². The van der Waals surface area contributed by atoms with Crippen molar-refractivity contribution in [1.82, 2.24) is 0 Å². The molecule has 2 rings (SSSR count). The van der Waals surface area contributed by atoms with Crippen LogP contribution in [0.5, 0.6) is 23.0 Å². The van der Waals surface area contributed by atoms with Crippen LogP contribution in [0.2, 0.25) is 0 Å². The first-order valence-corrected chi connectivity index (χ1v) is 12.0. The SMILES string of the molecule is CS(=O)(=O)C(c1cc(O)c(S(=O)(=O)O)cc1O)c1cc(O)c(S(=O)(=O)O)cc1O. The van der Waals surface area contributed by atoms with Crippen LogP contribution in [0.3, 0.4) is 0 Å². The highest BCUT2D eigenvalue weighted by molar-refractivity contribution is 7.91. The summed E-state index contributed by atoms with van der Waals surface area (Å²) in [6, 6.07) is 1.72. The lowest BCUT2D eigenvalue weighted by Crippen LogP contribution is -2.14. The minimum absolute atomic E-state index is 0.363. The van der Waals surface area contributed by atoms with Crippen LogP contribution in [0.1, 0.15) is 16.4 Å². The summed E-state index contributed by atoms with van der Waals surface area (Å²) in [6.45, 7) is 0. The Kier molecular flexibility index (Phi) is 5.50. The highest BCUT2D eigenvalue weighted by Crippen LogP contribution is 2.44. The Labute approximate surface area is 164 Å². The molecule has 0 aromatic heterocycles. The van der Waals surface area contributed by atoms with Gasteiger partial charge in [0, 0.05) is 29.5 Å². The number of rotatable bonds is 5. The second-order valence-corrected chi connectivity index (χ2v) is 10.8. The Morgan fingerprint density at radius 1 is 0.621 bits per heavy atom. The molecule has 29 heavy (non-hydrogen) atoms. The summed E-state index contributed by atoms with van der Waals surface area (Å²) >= 11 is 0. The lowest BCUT2D eigenvalue weighted by molar-refractivity contribution is 0.426. The number of phenolic OH excluding ortho intramolecular Hbond substituents is 4. The van der Waals surface area contributed by atoms with E-state index < -0.39 is 79.2 Å². The quantitative estimate of drug-likeness (QED) is 0.253. The zero-order valence-corrected chi connectivity index (χ0v) is 16.7. The van der Waals surface area contributed by atoms with Gasteiger partial charge in [-0.2, -0.15) is 16.8 Å². The van der Waals surface area contributed by atoms with Crippen molar-refractivity contribution in [2.45, 2.75) is 15.0 Å². The Bertz CT molecular complexity index is 1220. The molecule has 0 saturated carbocycles. The molecule has 0 aliphatic carbocycles. The molecular weight excluding hydrogens is 456 g/mol. The molecule has 0 unspecified atom stereocenters. The first-order valence-electron chi connectivity index (χ1n) is 7.20. The summed E-state index contributed by atoms with van der Waals surface area (Å²) in [4.78, 5) is -2.25. The molecule has 0 aliphatic rings. The van der Waals surface area contributed by atoms with Crippen molar-refractivity contribution >= 4 is 30.1 Å². The lowest BCUT2D eigenvalue weighted by atomic mass is 10.0. The van der Waals surface area contributed by atoms with E-state index in [1.54, 1.807) is 0 Å². The van der Waals surface area contributed by atoms with Crippen molar-refractivity contribution in [1.29, 1.82) is 0 Å². The van der Waals surface area contributed by atoms with E-state index in [2.05, 4.69) is 0 Å². The number of sulfone groups is 1. The number of hydrogen-bond donors (Lipinski definition) is 6. The number of aromatic hydroxyl groups is 4. The monoisotopic (exact) mass is 470 g/mol. The third-order valence-electron chi connectivity index (χ3n) is 3.77. The van der Waals surface area contributed by atoms with Crippen molar-refractivity contribution in [3.05, 3.63) is 35.4 Å². The smallest absolute Gasteiger partial charge is 0.298 e. The van der Waals surface area contributed by atoms with Gasteiger partial charge in [-0.15, -0.1) is 0 Å². The van der Waals surface area contributed by atoms with E-state index in [4.69, 9.17) is 9.11 Å². The minimum Gasteiger partial charge on any atom is -0.508 e. The Morgan fingerprint density at radius 3 is 1.17 bits per heavy atom. The number of benzene rings is 2. The van der Waals surface area contributed by atoms with Gasteiger partial charge in [-0.05, 0) is 12.1 Å². The molecule has 2 aromatic rings. The molecule has 0 atom stereocenters. The molecule has 0 bridgehead atoms. The summed E-state index contributed by atoms with van der Waals surface area (Å²) in [7, 11) is -14.3. The molecule has 0 aliphatic heterocycles. The van der Waals surface area contributed by atoms with Gasteiger partial charge in [0.05, 0.1) is 0 Å². The van der Waals surface area contributed by atoms with E-state index in [1.807, 2.05) is 0 Å². The second-order valence-electron chi connectivity index (χ2n) is 5.92. The van der Waals surface area contributed by atoms with Gasteiger partial charge in [-0.1, -0.05) is 0 Å². The maximum atomic E-state index is 12.3. The summed E-state index contributed by atoms with van der Waals surface area (Å²) in [5.41, 5.74) is -1.32. The van der Waals surface area contributed by atoms with E-state index in [1.165, 1.54) is 0 Å². The molecular formula is C14H14O12S3. The molecule has 0 fully saturated rings. The van der Waals surface area contributed by atoms with Gasteiger partial charge in [0.25, 0.3) is 20.2 Å². The Balaban J connectivity index is 2.87. The average Bonchev–Trinajstić information content (AvgIpc) is 2.50. The Morgan fingerprint density at radius 2 is 0.931 bits per heavy atom. The van der Waals surface area contributed by atoms with Crippen molar-refractivity contribution in [2.24, 2.45) is 0 Å². The van der Waals surface area contributed by atoms with Gasteiger partial charge in [0.1, 0.15) is 38.0 Å². The number of phenols is 4. The second kappa shape index (κ2) is 7.03. The van der Waals surface area contributed by atoms with Crippen molar-refractivity contribution in [2.75, 3.05) is 6.26 Å². The highest BCUT2D eigenvalue weighted by atomic mass is 32.2. The van der Waals surface area contributed by atoms with E-state index >= 15 is 0 Å². The summed E-state index contributed by atoms with van der Waals surface area (Å²) < 4.78 is 87.4. The predicted molar refractivity (Wildman–Crippen MR) is 95.9 cm³/mol. The normalized spacial score (nSPS) is 13.0. The zero-order valence-electron chi connectivity index (χ0n) is 14.2. The summed E-state index contributed by atoms with van der Waals surface area (Å²) in [5, 5.41) is 37.8. The molecule has 160 valence electrons. The maximum absolute atomic E-state index is 12.3. The average molecular weight is 470 g/mol. The van der Waals surface area contributed by atoms with E-state index in [9.17, 15) is 45.7 Å². The van der Waals surface area contributed by atoms with Gasteiger partial charge in [0.15, 0.2) is 9.84 Å². The fourth-order valence-corrected chi connectivity index (χ4v) is 5.08. The predicted octanol–water partition coefficient (Wildman–Crippen LogP) is 0.136. The topological polar surface area (TPSA) is 224 Å². The Hall–Kier alpha value is -2.59. The van der Waals surface area contributed by atoms with Crippen LogP contribution >= 0.6 is 0 Å². The van der Waals surface area contributed by atoms with Gasteiger partial charge in [-0.3, -0.25) is 9.11 Å². The van der Waals surface area contributed by atoms with Crippen LogP contribution in [-0.2, 0) is 30.1 Å². The van der Waals surface area contributed by atoms with Gasteiger partial charge in [-0.25, -0.2) is 8.42 Å². The molecule has 6 N–H and O–H groups in total. The first kappa shape index (κ1) is 22.7. The standard InChI is InChI=1S/C14H14O12S3/c1-27(19,20)14(6-2-10(17)12(4-8(6)15)28(21,22)23)7-3-11(18)13(5-9(7)16)29(24,25)26/h2-5,14-18H,1H3,(H,21,22,23)(H,24,25,26). The molecule has 0 amide bonds. The fraction of sp³-hybridized carbons (Fsp3) is 0.143. The lowest BCUT2D eigenvalue weighted by Gasteiger charge is -2.20. The molecule has 0 spiro atoms. The van der Waals surface area contributed by atoms with Gasteiger partial charge in [0.2, 0.25) is 0 Å². The minimum atomic E-state index is -4.98. The van der Waals surface area contributed by atoms with Crippen LogP contribution in [0, 0.1) is 0 Å². The van der Waals surface area contributed by atoms with Crippen molar-refractivity contribution < 1.29 is 54.8 Å². The van der Waals surface area contributed by atoms with Crippen LogP contribution in [0.4, 0.5) is 0 Å². The van der Waals surface area contributed by atoms with Crippen LogP contribution in [-0.4, -0.2) is 61.0 Å². The molecule has 0 heterocycles. The molecule has 0 radical (unpaired) electrons. The van der Waals surface area contributed by atoms with Crippen LogP contribution < -0.4 is 0 Å². The zero-order chi connectivity index (χ0) is 22.5. The third kappa shape index (κ3) is 4.54. The molecule has 12 nitrogen and oxygen atoms in total. The van der Waals surface area contributed by atoms with E-state index in [0.29, 0.717) is 30.5 Å². The highest BCUT2D eigenvalue weighted by Gasteiger charge is 2.34. The van der Waals surface area contributed by atoms with E-state index in [0.717, 1.165) is 0 Å². The van der Waals surface area contributed by atoms with Crippen molar-refractivity contribution in [3.63, 3.8) is 0 Å². The fourth-order valence-electron chi connectivity index (χ4n) is 2.61. The molecule has 2 aromatic carbocycles. The largest absolute Gasteiger partial charge is 0.508 e. The molecule has 0 saturated heterocycles. The summed E-state index contributed by atoms with van der Waals surface area (Å²) in [6.07, 6.45) is 0.637.